The molecular weight excluding hydrogens is 272 g/mol. The molecule has 2 aromatic heterocycles. The van der Waals surface area contributed by atoms with Crippen molar-refractivity contribution in [2.24, 2.45) is 0 Å². The molecule has 3 heterocycles. The maximum atomic E-state index is 11.3. The standard InChI is InChI=1S/C15H18N2O4/c1-2-21-13-7-14-16-12(10-3-5-20-6-4-10)9-17(14)8-11(13)15(18)19/h7-10H,2-6H2,1H3,(H,18,19). The summed E-state index contributed by atoms with van der Waals surface area (Å²) in [5.41, 5.74) is 1.86. The van der Waals surface area contributed by atoms with Crippen LogP contribution in [0.1, 0.15) is 41.7 Å². The highest BCUT2D eigenvalue weighted by atomic mass is 16.5. The predicted octanol–water partition coefficient (Wildman–Crippen LogP) is 2.33. The van der Waals surface area contributed by atoms with Crippen molar-refractivity contribution in [3.63, 3.8) is 0 Å². The molecule has 0 aliphatic carbocycles. The number of carbonyl (C=O) groups is 1. The highest BCUT2D eigenvalue weighted by molar-refractivity contribution is 5.91. The zero-order valence-electron chi connectivity index (χ0n) is 11.9. The first-order valence-corrected chi connectivity index (χ1v) is 7.15. The number of imidazole rings is 1. The van der Waals surface area contributed by atoms with Crippen LogP contribution in [0.5, 0.6) is 5.75 Å². The van der Waals surface area contributed by atoms with E-state index >= 15 is 0 Å². The van der Waals surface area contributed by atoms with E-state index in [4.69, 9.17) is 9.47 Å². The molecule has 6 heteroatoms. The molecule has 1 N–H and O–H groups in total. The van der Waals surface area contributed by atoms with Gasteiger partial charge in [-0.25, -0.2) is 9.78 Å². The summed E-state index contributed by atoms with van der Waals surface area (Å²) in [6.07, 6.45) is 5.38. The van der Waals surface area contributed by atoms with Gasteiger partial charge >= 0.3 is 5.97 Å². The Morgan fingerprint density at radius 2 is 2.24 bits per heavy atom. The van der Waals surface area contributed by atoms with Crippen molar-refractivity contribution in [3.05, 3.63) is 29.7 Å². The molecule has 0 saturated carbocycles. The number of ether oxygens (including phenoxy) is 2. The molecule has 1 saturated heterocycles. The van der Waals surface area contributed by atoms with E-state index in [9.17, 15) is 9.90 Å². The van der Waals surface area contributed by atoms with Gasteiger partial charge < -0.3 is 19.0 Å². The zero-order valence-corrected chi connectivity index (χ0v) is 11.9. The number of hydrogen-bond acceptors (Lipinski definition) is 4. The number of nitrogens with zero attached hydrogens (tertiary/aromatic N) is 2. The lowest BCUT2D eigenvalue weighted by Gasteiger charge is -2.19. The number of carboxylic acids is 1. The summed E-state index contributed by atoms with van der Waals surface area (Å²) < 4.78 is 12.5. The van der Waals surface area contributed by atoms with Crippen molar-refractivity contribution in [3.8, 4) is 5.75 Å². The third-order valence-electron chi connectivity index (χ3n) is 3.74. The topological polar surface area (TPSA) is 73.1 Å². The van der Waals surface area contributed by atoms with Crippen LogP contribution in [0, 0.1) is 0 Å². The Bertz CT molecular complexity index is 659. The monoisotopic (exact) mass is 290 g/mol. The van der Waals surface area contributed by atoms with E-state index in [1.165, 1.54) is 0 Å². The first-order chi connectivity index (χ1) is 10.2. The Morgan fingerprint density at radius 1 is 1.48 bits per heavy atom. The summed E-state index contributed by atoms with van der Waals surface area (Å²) in [5.74, 6) is -0.259. The molecule has 21 heavy (non-hydrogen) atoms. The summed E-state index contributed by atoms with van der Waals surface area (Å²) in [6.45, 7) is 3.76. The van der Waals surface area contributed by atoms with Gasteiger partial charge in [0.15, 0.2) is 0 Å². The summed E-state index contributed by atoms with van der Waals surface area (Å²) in [7, 11) is 0. The number of hydrogen-bond donors (Lipinski definition) is 1. The lowest BCUT2D eigenvalue weighted by molar-refractivity contribution is 0.0692. The zero-order chi connectivity index (χ0) is 14.8. The second-order valence-corrected chi connectivity index (χ2v) is 5.11. The van der Waals surface area contributed by atoms with Gasteiger partial charge in [0.25, 0.3) is 0 Å². The average molecular weight is 290 g/mol. The van der Waals surface area contributed by atoms with Crippen LogP contribution in [0.15, 0.2) is 18.5 Å². The van der Waals surface area contributed by atoms with Gasteiger partial charge in [-0.15, -0.1) is 0 Å². The van der Waals surface area contributed by atoms with Crippen LogP contribution in [0.2, 0.25) is 0 Å². The van der Waals surface area contributed by atoms with Crippen molar-refractivity contribution in [1.29, 1.82) is 0 Å². The SMILES string of the molecule is CCOc1cc2nc(C3CCOCC3)cn2cc1C(=O)O. The number of aromatic carboxylic acids is 1. The van der Waals surface area contributed by atoms with Crippen LogP contribution in [-0.4, -0.2) is 40.3 Å². The molecule has 1 aliphatic rings. The Kier molecular flexibility index (Phi) is 3.79. The highest BCUT2D eigenvalue weighted by Gasteiger charge is 2.20. The highest BCUT2D eigenvalue weighted by Crippen LogP contribution is 2.28. The Morgan fingerprint density at radius 3 is 2.90 bits per heavy atom. The molecule has 112 valence electrons. The minimum Gasteiger partial charge on any atom is -0.493 e. The second kappa shape index (κ2) is 5.73. The van der Waals surface area contributed by atoms with Crippen LogP contribution < -0.4 is 4.74 Å². The van der Waals surface area contributed by atoms with E-state index in [-0.39, 0.29) is 5.56 Å². The van der Waals surface area contributed by atoms with E-state index in [0.717, 1.165) is 31.7 Å². The fourth-order valence-corrected chi connectivity index (χ4v) is 2.66. The van der Waals surface area contributed by atoms with Crippen molar-refractivity contribution in [2.75, 3.05) is 19.8 Å². The van der Waals surface area contributed by atoms with Crippen molar-refractivity contribution >= 4 is 11.6 Å². The van der Waals surface area contributed by atoms with Crippen LogP contribution in [-0.2, 0) is 4.74 Å². The maximum Gasteiger partial charge on any atom is 0.341 e. The summed E-state index contributed by atoms with van der Waals surface area (Å²) in [6, 6.07) is 1.69. The van der Waals surface area contributed by atoms with Gasteiger partial charge in [-0.05, 0) is 19.8 Å². The van der Waals surface area contributed by atoms with Gasteiger partial charge in [-0.1, -0.05) is 0 Å². The smallest absolute Gasteiger partial charge is 0.341 e. The van der Waals surface area contributed by atoms with Gasteiger partial charge in [-0.3, -0.25) is 0 Å². The van der Waals surface area contributed by atoms with Gasteiger partial charge in [-0.2, -0.15) is 0 Å². The molecule has 0 spiro atoms. The first kappa shape index (κ1) is 13.9. The Labute approximate surface area is 122 Å². The van der Waals surface area contributed by atoms with Crippen LogP contribution in [0.25, 0.3) is 5.65 Å². The maximum absolute atomic E-state index is 11.3. The van der Waals surface area contributed by atoms with Crippen molar-refractivity contribution in [1.82, 2.24) is 9.38 Å². The Hall–Kier alpha value is -2.08. The molecule has 0 radical (unpaired) electrons. The lowest BCUT2D eigenvalue weighted by Crippen LogP contribution is -2.14. The first-order valence-electron chi connectivity index (χ1n) is 7.15. The third-order valence-corrected chi connectivity index (χ3v) is 3.74. The van der Waals surface area contributed by atoms with Gasteiger partial charge in [0.2, 0.25) is 0 Å². The molecule has 0 amide bonds. The number of rotatable bonds is 4. The van der Waals surface area contributed by atoms with Gasteiger partial charge in [0, 0.05) is 37.6 Å². The van der Waals surface area contributed by atoms with E-state index in [1.807, 2.05) is 13.1 Å². The molecule has 0 unspecified atom stereocenters. The Balaban J connectivity index is 2.01. The second-order valence-electron chi connectivity index (χ2n) is 5.11. The summed E-state index contributed by atoms with van der Waals surface area (Å²) in [4.78, 5) is 15.9. The lowest BCUT2D eigenvalue weighted by atomic mass is 9.97. The number of pyridine rings is 1. The quantitative estimate of drug-likeness (QED) is 0.935. The number of aromatic nitrogens is 2. The molecule has 0 aromatic carbocycles. The molecule has 0 atom stereocenters. The minimum absolute atomic E-state index is 0.153. The molecule has 1 fully saturated rings. The van der Waals surface area contributed by atoms with Crippen molar-refractivity contribution < 1.29 is 19.4 Å². The number of fused-ring (bicyclic) bond motifs is 1. The van der Waals surface area contributed by atoms with Crippen LogP contribution in [0.3, 0.4) is 0 Å². The molecule has 2 aromatic rings. The molecule has 0 bridgehead atoms. The minimum atomic E-state index is -0.998. The van der Waals surface area contributed by atoms with Gasteiger partial charge in [0.1, 0.15) is 17.0 Å². The van der Waals surface area contributed by atoms with E-state index in [0.29, 0.717) is 23.9 Å². The molecule has 6 nitrogen and oxygen atoms in total. The van der Waals surface area contributed by atoms with Crippen LogP contribution in [0.4, 0.5) is 0 Å². The molecule has 1 aliphatic heterocycles. The number of carboxylic acid groups (broad SMARTS) is 1. The summed E-state index contributed by atoms with van der Waals surface area (Å²) >= 11 is 0. The van der Waals surface area contributed by atoms with E-state index < -0.39 is 5.97 Å². The molecule has 3 rings (SSSR count). The average Bonchev–Trinajstić information content (AvgIpc) is 2.90. The van der Waals surface area contributed by atoms with Crippen LogP contribution >= 0.6 is 0 Å². The molecular formula is C15H18N2O4. The largest absolute Gasteiger partial charge is 0.493 e. The summed E-state index contributed by atoms with van der Waals surface area (Å²) in [5, 5.41) is 9.28. The normalized spacial score (nSPS) is 16.2. The van der Waals surface area contributed by atoms with E-state index in [1.54, 1.807) is 16.7 Å². The third kappa shape index (κ3) is 2.71. The van der Waals surface area contributed by atoms with E-state index in [2.05, 4.69) is 4.98 Å². The fraction of sp³-hybridized carbons (Fsp3) is 0.467. The van der Waals surface area contributed by atoms with Crippen molar-refractivity contribution in [2.45, 2.75) is 25.7 Å². The fourth-order valence-electron chi connectivity index (χ4n) is 2.66. The van der Waals surface area contributed by atoms with Gasteiger partial charge in [0.05, 0.1) is 12.3 Å². The predicted molar refractivity (Wildman–Crippen MR) is 76.1 cm³/mol.